The van der Waals surface area contributed by atoms with Crippen LogP contribution in [0.15, 0.2) is 42.5 Å². The van der Waals surface area contributed by atoms with Crippen LogP contribution in [0, 0.1) is 5.92 Å². The van der Waals surface area contributed by atoms with Gasteiger partial charge in [0, 0.05) is 10.7 Å². The van der Waals surface area contributed by atoms with Crippen molar-refractivity contribution in [1.82, 2.24) is 0 Å². The number of halogens is 1. The number of hydrogen-bond donors (Lipinski definition) is 1. The van der Waals surface area contributed by atoms with E-state index in [-0.39, 0.29) is 12.5 Å². The fourth-order valence-corrected chi connectivity index (χ4v) is 4.55. The molecule has 3 rings (SSSR count). The number of rotatable bonds is 8. The number of esters is 1. The van der Waals surface area contributed by atoms with Crippen molar-refractivity contribution >= 4 is 29.2 Å². The van der Waals surface area contributed by atoms with E-state index in [1.807, 2.05) is 38.1 Å². The van der Waals surface area contributed by atoms with Crippen molar-refractivity contribution in [2.75, 3.05) is 18.5 Å². The number of carbonyl (C=O) groups is 2. The van der Waals surface area contributed by atoms with Gasteiger partial charge in [0.05, 0.1) is 18.6 Å². The smallest absolute Gasteiger partial charge is 0.341 e. The molecular weight excluding hydrogens is 426 g/mol. The highest BCUT2D eigenvalue weighted by atomic mass is 35.5. The highest BCUT2D eigenvalue weighted by Crippen LogP contribution is 2.43. The van der Waals surface area contributed by atoms with E-state index in [1.54, 1.807) is 25.1 Å². The first kappa shape index (κ1) is 24.1. The van der Waals surface area contributed by atoms with E-state index in [0.29, 0.717) is 34.5 Å². The van der Waals surface area contributed by atoms with Crippen molar-refractivity contribution in [3.8, 4) is 5.75 Å². The number of amides is 1. The van der Waals surface area contributed by atoms with Gasteiger partial charge in [-0.15, -0.1) is 0 Å². The summed E-state index contributed by atoms with van der Waals surface area (Å²) in [4.78, 5) is 26.2. The zero-order valence-electron chi connectivity index (χ0n) is 19.1. The van der Waals surface area contributed by atoms with Gasteiger partial charge in [0.1, 0.15) is 11.3 Å². The summed E-state index contributed by atoms with van der Waals surface area (Å²) in [5, 5.41) is 3.65. The molecule has 5 nitrogen and oxygen atoms in total. The summed E-state index contributed by atoms with van der Waals surface area (Å²) < 4.78 is 11.0. The molecule has 1 saturated carbocycles. The molecule has 0 unspecified atom stereocenters. The molecule has 0 saturated heterocycles. The molecule has 6 heteroatoms. The molecule has 1 aliphatic carbocycles. The molecule has 0 heterocycles. The SMILES string of the molecule is CCOC(=O)c1cc(NC(=O)C2(c3ccccc3Cl)CCCCC2)ccc1OCC(C)C. The predicted molar refractivity (Wildman–Crippen MR) is 128 cm³/mol. The Labute approximate surface area is 195 Å². The molecule has 0 atom stereocenters. The van der Waals surface area contributed by atoms with Crippen molar-refractivity contribution in [2.45, 2.75) is 58.3 Å². The molecule has 0 aromatic heterocycles. The predicted octanol–water partition coefficient (Wildman–Crippen LogP) is 6.39. The van der Waals surface area contributed by atoms with Gasteiger partial charge in [-0.05, 0) is 55.5 Å². The van der Waals surface area contributed by atoms with Crippen LogP contribution in [0.5, 0.6) is 5.75 Å². The molecule has 2 aromatic rings. The number of anilines is 1. The zero-order chi connectivity index (χ0) is 23.1. The average molecular weight is 458 g/mol. The van der Waals surface area contributed by atoms with Gasteiger partial charge in [-0.2, -0.15) is 0 Å². The van der Waals surface area contributed by atoms with Crippen molar-refractivity contribution in [3.05, 3.63) is 58.6 Å². The quantitative estimate of drug-likeness (QED) is 0.466. The minimum Gasteiger partial charge on any atom is -0.492 e. The van der Waals surface area contributed by atoms with Gasteiger partial charge in [0.25, 0.3) is 0 Å². The van der Waals surface area contributed by atoms with Crippen LogP contribution < -0.4 is 10.1 Å². The van der Waals surface area contributed by atoms with Gasteiger partial charge < -0.3 is 14.8 Å². The van der Waals surface area contributed by atoms with Crippen LogP contribution >= 0.6 is 11.6 Å². The summed E-state index contributed by atoms with van der Waals surface area (Å²) in [6.07, 6.45) is 4.52. The molecule has 2 aromatic carbocycles. The Morgan fingerprint density at radius 3 is 2.47 bits per heavy atom. The van der Waals surface area contributed by atoms with Crippen LogP contribution in [0.3, 0.4) is 0 Å². The maximum absolute atomic E-state index is 13.6. The van der Waals surface area contributed by atoms with Crippen LogP contribution in [-0.4, -0.2) is 25.1 Å². The first-order valence-electron chi connectivity index (χ1n) is 11.4. The summed E-state index contributed by atoms with van der Waals surface area (Å²) in [5.41, 5.74) is 1.02. The number of hydrogen-bond acceptors (Lipinski definition) is 4. The standard InChI is InChI=1S/C26H32ClNO4/c1-4-31-24(29)20-16-19(12-13-23(20)32-17-18(2)3)28-25(30)26(14-8-5-9-15-26)21-10-6-7-11-22(21)27/h6-7,10-13,16,18H,4-5,8-9,14-15,17H2,1-3H3,(H,28,30). The van der Waals surface area contributed by atoms with Gasteiger partial charge in [0.2, 0.25) is 5.91 Å². The van der Waals surface area contributed by atoms with Crippen molar-refractivity contribution in [2.24, 2.45) is 5.92 Å². The van der Waals surface area contributed by atoms with Gasteiger partial charge in [-0.3, -0.25) is 4.79 Å². The Balaban J connectivity index is 1.92. The van der Waals surface area contributed by atoms with E-state index in [9.17, 15) is 9.59 Å². The Morgan fingerprint density at radius 1 is 1.09 bits per heavy atom. The van der Waals surface area contributed by atoms with Crippen LogP contribution in [0.25, 0.3) is 0 Å². The molecule has 1 N–H and O–H groups in total. The second-order valence-electron chi connectivity index (χ2n) is 8.71. The summed E-state index contributed by atoms with van der Waals surface area (Å²) in [7, 11) is 0. The minimum atomic E-state index is -0.687. The third kappa shape index (κ3) is 5.44. The molecule has 0 radical (unpaired) electrons. The minimum absolute atomic E-state index is 0.101. The van der Waals surface area contributed by atoms with Gasteiger partial charge >= 0.3 is 5.97 Å². The number of nitrogens with one attached hydrogen (secondary N) is 1. The lowest BCUT2D eigenvalue weighted by atomic mass is 9.68. The Bertz CT molecular complexity index is 951. The van der Waals surface area contributed by atoms with E-state index in [0.717, 1.165) is 37.7 Å². The summed E-state index contributed by atoms with van der Waals surface area (Å²) in [5.74, 6) is 0.191. The fraction of sp³-hybridized carbons (Fsp3) is 0.462. The van der Waals surface area contributed by atoms with Crippen molar-refractivity contribution < 1.29 is 19.1 Å². The molecule has 1 amide bonds. The molecular formula is C26H32ClNO4. The van der Waals surface area contributed by atoms with Crippen LogP contribution in [0.2, 0.25) is 5.02 Å². The zero-order valence-corrected chi connectivity index (χ0v) is 19.8. The van der Waals surface area contributed by atoms with Crippen LogP contribution in [0.4, 0.5) is 5.69 Å². The molecule has 0 aliphatic heterocycles. The third-order valence-electron chi connectivity index (χ3n) is 5.84. The first-order valence-corrected chi connectivity index (χ1v) is 11.8. The second-order valence-corrected chi connectivity index (χ2v) is 9.12. The van der Waals surface area contributed by atoms with Crippen LogP contribution in [-0.2, 0) is 14.9 Å². The summed E-state index contributed by atoms with van der Waals surface area (Å²) in [6.45, 7) is 6.57. The molecule has 32 heavy (non-hydrogen) atoms. The molecule has 0 spiro atoms. The maximum Gasteiger partial charge on any atom is 0.341 e. The second kappa shape index (κ2) is 10.9. The monoisotopic (exact) mass is 457 g/mol. The summed E-state index contributed by atoms with van der Waals surface area (Å²) in [6, 6.07) is 12.7. The van der Waals surface area contributed by atoms with E-state index in [1.165, 1.54) is 0 Å². The Morgan fingerprint density at radius 2 is 1.81 bits per heavy atom. The number of carbonyl (C=O) groups excluding carboxylic acids is 2. The molecule has 1 fully saturated rings. The number of benzene rings is 2. The van der Waals surface area contributed by atoms with Crippen molar-refractivity contribution in [1.29, 1.82) is 0 Å². The normalized spacial score (nSPS) is 15.3. The van der Waals surface area contributed by atoms with Crippen molar-refractivity contribution in [3.63, 3.8) is 0 Å². The Hall–Kier alpha value is -2.53. The van der Waals surface area contributed by atoms with Crippen LogP contribution in [0.1, 0.15) is 68.8 Å². The lowest BCUT2D eigenvalue weighted by Gasteiger charge is -2.37. The van der Waals surface area contributed by atoms with Gasteiger partial charge in [-0.25, -0.2) is 4.79 Å². The molecule has 1 aliphatic rings. The third-order valence-corrected chi connectivity index (χ3v) is 6.17. The van der Waals surface area contributed by atoms with E-state index in [2.05, 4.69) is 5.32 Å². The van der Waals surface area contributed by atoms with E-state index in [4.69, 9.17) is 21.1 Å². The fourth-order valence-electron chi connectivity index (χ4n) is 4.23. The topological polar surface area (TPSA) is 64.6 Å². The molecule has 172 valence electrons. The maximum atomic E-state index is 13.6. The molecule has 0 bridgehead atoms. The summed E-state index contributed by atoms with van der Waals surface area (Å²) >= 11 is 6.52. The van der Waals surface area contributed by atoms with E-state index < -0.39 is 11.4 Å². The highest BCUT2D eigenvalue weighted by Gasteiger charge is 2.42. The number of ether oxygens (including phenoxy) is 2. The highest BCUT2D eigenvalue weighted by molar-refractivity contribution is 6.31. The van der Waals surface area contributed by atoms with E-state index >= 15 is 0 Å². The first-order chi connectivity index (χ1) is 15.4. The lowest BCUT2D eigenvalue weighted by molar-refractivity contribution is -0.122. The van der Waals surface area contributed by atoms with Gasteiger partial charge in [0.15, 0.2) is 0 Å². The largest absolute Gasteiger partial charge is 0.492 e. The average Bonchev–Trinajstić information content (AvgIpc) is 2.79. The van der Waals surface area contributed by atoms with Gasteiger partial charge in [-0.1, -0.05) is 62.9 Å². The lowest BCUT2D eigenvalue weighted by Crippen LogP contribution is -2.42. The Kier molecular flexibility index (Phi) is 8.19.